The van der Waals surface area contributed by atoms with Crippen molar-refractivity contribution in [3.63, 3.8) is 0 Å². The minimum atomic E-state index is 0.599. The molecule has 1 atom stereocenters. The van der Waals surface area contributed by atoms with Gasteiger partial charge in [0, 0.05) is 12.6 Å². The standard InChI is InChI=1S/C11H18N4/c1-2-10-5-3-4-6-15(10)11-13-7-9(12)8-14-11/h7-8,10H,2-6,12H2,1H3. The zero-order chi connectivity index (χ0) is 10.7. The van der Waals surface area contributed by atoms with Gasteiger partial charge in [-0.15, -0.1) is 0 Å². The Balaban J connectivity index is 2.16. The predicted molar refractivity (Wildman–Crippen MR) is 61.7 cm³/mol. The van der Waals surface area contributed by atoms with Crippen molar-refractivity contribution in [1.29, 1.82) is 0 Å². The van der Waals surface area contributed by atoms with Crippen molar-refractivity contribution in [3.05, 3.63) is 12.4 Å². The van der Waals surface area contributed by atoms with Gasteiger partial charge >= 0.3 is 0 Å². The van der Waals surface area contributed by atoms with Crippen molar-refractivity contribution in [2.75, 3.05) is 17.2 Å². The Labute approximate surface area is 90.5 Å². The van der Waals surface area contributed by atoms with E-state index >= 15 is 0 Å². The highest BCUT2D eigenvalue weighted by Crippen LogP contribution is 2.23. The van der Waals surface area contributed by atoms with E-state index in [0.29, 0.717) is 11.7 Å². The minimum absolute atomic E-state index is 0.599. The number of rotatable bonds is 2. The van der Waals surface area contributed by atoms with Crippen LogP contribution in [0.15, 0.2) is 12.4 Å². The normalized spacial score (nSPS) is 21.7. The molecule has 82 valence electrons. The van der Waals surface area contributed by atoms with Crippen LogP contribution in [0, 0.1) is 0 Å². The van der Waals surface area contributed by atoms with Crippen molar-refractivity contribution in [3.8, 4) is 0 Å². The number of nitrogen functional groups attached to an aromatic ring is 1. The number of aromatic nitrogens is 2. The number of hydrogen-bond acceptors (Lipinski definition) is 4. The van der Waals surface area contributed by atoms with E-state index in [-0.39, 0.29) is 0 Å². The molecular formula is C11H18N4. The van der Waals surface area contributed by atoms with Gasteiger partial charge in [-0.2, -0.15) is 0 Å². The molecule has 0 aliphatic carbocycles. The van der Waals surface area contributed by atoms with Gasteiger partial charge in [0.25, 0.3) is 0 Å². The summed E-state index contributed by atoms with van der Waals surface area (Å²) in [5, 5.41) is 0. The fourth-order valence-corrected chi connectivity index (χ4v) is 2.17. The van der Waals surface area contributed by atoms with Gasteiger partial charge in [-0.1, -0.05) is 6.92 Å². The van der Waals surface area contributed by atoms with Crippen LogP contribution in [0.4, 0.5) is 11.6 Å². The van der Waals surface area contributed by atoms with Crippen molar-refractivity contribution in [2.45, 2.75) is 38.6 Å². The molecule has 0 saturated carbocycles. The minimum Gasteiger partial charge on any atom is -0.396 e. The molecule has 15 heavy (non-hydrogen) atoms. The van der Waals surface area contributed by atoms with E-state index < -0.39 is 0 Å². The highest BCUT2D eigenvalue weighted by atomic mass is 15.3. The van der Waals surface area contributed by atoms with E-state index in [0.717, 1.165) is 18.9 Å². The van der Waals surface area contributed by atoms with Crippen LogP contribution in [0.2, 0.25) is 0 Å². The molecule has 0 amide bonds. The Kier molecular flexibility index (Phi) is 3.04. The first-order valence-corrected chi connectivity index (χ1v) is 5.65. The van der Waals surface area contributed by atoms with Crippen molar-refractivity contribution in [2.24, 2.45) is 0 Å². The second-order valence-corrected chi connectivity index (χ2v) is 4.07. The van der Waals surface area contributed by atoms with Crippen molar-refractivity contribution in [1.82, 2.24) is 9.97 Å². The lowest BCUT2D eigenvalue weighted by Crippen LogP contribution is -2.40. The average Bonchev–Trinajstić information content (AvgIpc) is 2.30. The van der Waals surface area contributed by atoms with Gasteiger partial charge in [0.1, 0.15) is 0 Å². The number of nitrogens with zero attached hydrogens (tertiary/aromatic N) is 3. The molecule has 0 bridgehead atoms. The molecule has 2 rings (SSSR count). The largest absolute Gasteiger partial charge is 0.396 e. The van der Waals surface area contributed by atoms with E-state index in [9.17, 15) is 0 Å². The van der Waals surface area contributed by atoms with Crippen LogP contribution in [0.3, 0.4) is 0 Å². The highest BCUT2D eigenvalue weighted by molar-refractivity contribution is 5.38. The number of anilines is 2. The first-order valence-electron chi connectivity index (χ1n) is 5.65. The summed E-state index contributed by atoms with van der Waals surface area (Å²) in [6.45, 7) is 3.29. The molecule has 1 aliphatic rings. The Bertz CT molecular complexity index is 309. The van der Waals surface area contributed by atoms with E-state index in [2.05, 4.69) is 21.8 Å². The fourth-order valence-electron chi connectivity index (χ4n) is 2.17. The molecule has 2 heterocycles. The summed E-state index contributed by atoms with van der Waals surface area (Å²) in [4.78, 5) is 10.9. The molecule has 0 spiro atoms. The third-order valence-corrected chi connectivity index (χ3v) is 3.01. The van der Waals surface area contributed by atoms with Crippen LogP contribution < -0.4 is 10.6 Å². The highest BCUT2D eigenvalue weighted by Gasteiger charge is 2.22. The molecule has 1 aromatic heterocycles. The zero-order valence-corrected chi connectivity index (χ0v) is 9.19. The summed E-state index contributed by atoms with van der Waals surface area (Å²) in [7, 11) is 0. The maximum Gasteiger partial charge on any atom is 0.225 e. The van der Waals surface area contributed by atoms with E-state index in [4.69, 9.17) is 5.73 Å². The molecule has 4 heteroatoms. The summed E-state index contributed by atoms with van der Waals surface area (Å²) in [5.41, 5.74) is 6.21. The van der Waals surface area contributed by atoms with Gasteiger partial charge in [-0.25, -0.2) is 9.97 Å². The van der Waals surface area contributed by atoms with Crippen molar-refractivity contribution < 1.29 is 0 Å². The van der Waals surface area contributed by atoms with Gasteiger partial charge in [-0.05, 0) is 25.7 Å². The van der Waals surface area contributed by atoms with Crippen LogP contribution >= 0.6 is 0 Å². The smallest absolute Gasteiger partial charge is 0.225 e. The van der Waals surface area contributed by atoms with Crippen LogP contribution in [0.1, 0.15) is 32.6 Å². The Morgan fingerprint density at radius 3 is 2.80 bits per heavy atom. The van der Waals surface area contributed by atoms with E-state index in [1.807, 2.05) is 0 Å². The molecule has 0 aromatic carbocycles. The summed E-state index contributed by atoms with van der Waals surface area (Å²) in [6.07, 6.45) is 8.35. The zero-order valence-electron chi connectivity index (χ0n) is 9.19. The molecule has 0 radical (unpaired) electrons. The summed E-state index contributed by atoms with van der Waals surface area (Å²) in [6, 6.07) is 0.599. The third kappa shape index (κ3) is 2.19. The predicted octanol–water partition coefficient (Wildman–Crippen LogP) is 1.83. The van der Waals surface area contributed by atoms with Gasteiger partial charge in [-0.3, -0.25) is 0 Å². The molecule has 4 nitrogen and oxygen atoms in total. The Hall–Kier alpha value is -1.32. The second kappa shape index (κ2) is 4.47. The van der Waals surface area contributed by atoms with Gasteiger partial charge < -0.3 is 10.6 Å². The first-order chi connectivity index (χ1) is 7.31. The van der Waals surface area contributed by atoms with Crippen LogP contribution in [0.25, 0.3) is 0 Å². The lowest BCUT2D eigenvalue weighted by molar-refractivity contribution is 0.443. The Morgan fingerprint density at radius 1 is 1.40 bits per heavy atom. The van der Waals surface area contributed by atoms with Crippen LogP contribution in [-0.4, -0.2) is 22.6 Å². The maximum atomic E-state index is 5.58. The average molecular weight is 206 g/mol. The Morgan fingerprint density at radius 2 is 2.13 bits per heavy atom. The second-order valence-electron chi connectivity index (χ2n) is 4.07. The van der Waals surface area contributed by atoms with Gasteiger partial charge in [0.15, 0.2) is 0 Å². The molecule has 1 unspecified atom stereocenters. The third-order valence-electron chi connectivity index (χ3n) is 3.01. The molecule has 1 aromatic rings. The van der Waals surface area contributed by atoms with Crippen LogP contribution in [-0.2, 0) is 0 Å². The van der Waals surface area contributed by atoms with Crippen LogP contribution in [0.5, 0.6) is 0 Å². The van der Waals surface area contributed by atoms with Gasteiger partial charge in [0.2, 0.25) is 5.95 Å². The molecule has 2 N–H and O–H groups in total. The molecular weight excluding hydrogens is 188 g/mol. The number of piperidine rings is 1. The van der Waals surface area contributed by atoms with Gasteiger partial charge in [0.05, 0.1) is 18.1 Å². The van der Waals surface area contributed by atoms with E-state index in [1.54, 1.807) is 12.4 Å². The lowest BCUT2D eigenvalue weighted by atomic mass is 10.0. The molecule has 1 saturated heterocycles. The topological polar surface area (TPSA) is 55.0 Å². The molecule has 1 fully saturated rings. The fraction of sp³-hybridized carbons (Fsp3) is 0.636. The van der Waals surface area contributed by atoms with E-state index in [1.165, 1.54) is 19.3 Å². The number of hydrogen-bond donors (Lipinski definition) is 1. The quantitative estimate of drug-likeness (QED) is 0.802. The summed E-state index contributed by atoms with van der Waals surface area (Å²) in [5.74, 6) is 0.829. The monoisotopic (exact) mass is 206 g/mol. The maximum absolute atomic E-state index is 5.58. The number of nitrogens with two attached hydrogens (primary N) is 1. The lowest BCUT2D eigenvalue weighted by Gasteiger charge is -2.35. The SMILES string of the molecule is CCC1CCCCN1c1ncc(N)cn1. The summed E-state index contributed by atoms with van der Waals surface area (Å²) >= 11 is 0. The summed E-state index contributed by atoms with van der Waals surface area (Å²) < 4.78 is 0. The van der Waals surface area contributed by atoms with Crippen molar-refractivity contribution >= 4 is 11.6 Å². The first kappa shape index (κ1) is 10.2. The molecule has 1 aliphatic heterocycles.